The molecule has 0 radical (unpaired) electrons. The molecule has 2 amide bonds. The zero-order valence-corrected chi connectivity index (χ0v) is 16.2. The third-order valence-electron chi connectivity index (χ3n) is 4.46. The first-order valence-corrected chi connectivity index (χ1v) is 10.4. The second-order valence-corrected chi connectivity index (χ2v) is 9.40. The number of sulfone groups is 1. The Bertz CT molecular complexity index is 759. The molecule has 1 saturated heterocycles. The first kappa shape index (κ1) is 19.7. The van der Waals surface area contributed by atoms with Crippen molar-refractivity contribution in [2.45, 2.75) is 33.2 Å². The minimum absolute atomic E-state index is 0.0402. The van der Waals surface area contributed by atoms with E-state index in [0.29, 0.717) is 23.7 Å². The topological polar surface area (TPSA) is 83.6 Å². The number of hydrogen-bond donors (Lipinski definition) is 1. The zero-order chi connectivity index (χ0) is 18.8. The molecular weight excluding hydrogens is 364 g/mol. The summed E-state index contributed by atoms with van der Waals surface area (Å²) in [7, 11) is -3.11. The average Bonchev–Trinajstić information content (AvgIpc) is 2.90. The summed E-state index contributed by atoms with van der Waals surface area (Å²) in [6.45, 7) is 5.24. The second-order valence-electron chi connectivity index (χ2n) is 6.73. The van der Waals surface area contributed by atoms with E-state index in [4.69, 9.17) is 11.6 Å². The lowest BCUT2D eigenvalue weighted by molar-refractivity contribution is -0.147. The Morgan fingerprint density at radius 2 is 1.88 bits per heavy atom. The van der Waals surface area contributed by atoms with Gasteiger partial charge in [-0.2, -0.15) is 0 Å². The molecule has 0 aromatic heterocycles. The lowest BCUT2D eigenvalue weighted by Gasteiger charge is -2.34. The quantitative estimate of drug-likeness (QED) is 0.787. The van der Waals surface area contributed by atoms with E-state index in [9.17, 15) is 18.0 Å². The van der Waals surface area contributed by atoms with Gasteiger partial charge in [-0.25, -0.2) is 8.42 Å². The van der Waals surface area contributed by atoms with Crippen LogP contribution in [0.3, 0.4) is 0 Å². The van der Waals surface area contributed by atoms with E-state index in [1.165, 1.54) is 4.90 Å². The number of hydrogen-bond acceptors (Lipinski definition) is 4. The largest absolute Gasteiger partial charge is 0.338 e. The summed E-state index contributed by atoms with van der Waals surface area (Å²) in [4.78, 5) is 27.0. The summed E-state index contributed by atoms with van der Waals surface area (Å²) in [6.07, 6.45) is 0.413. The van der Waals surface area contributed by atoms with Crippen LogP contribution >= 0.6 is 11.6 Å². The van der Waals surface area contributed by atoms with Gasteiger partial charge >= 0.3 is 0 Å². The third-order valence-corrected chi connectivity index (χ3v) is 6.46. The Labute approximate surface area is 153 Å². The smallest absolute Gasteiger partial charge is 0.239 e. The minimum Gasteiger partial charge on any atom is -0.338 e. The van der Waals surface area contributed by atoms with E-state index in [2.05, 4.69) is 5.32 Å². The molecule has 1 fully saturated rings. The molecule has 1 atom stereocenters. The lowest BCUT2D eigenvalue weighted by atomic mass is 9.89. The molecule has 0 saturated carbocycles. The van der Waals surface area contributed by atoms with E-state index in [-0.39, 0.29) is 23.5 Å². The van der Waals surface area contributed by atoms with Crippen molar-refractivity contribution in [2.75, 3.05) is 23.4 Å². The summed E-state index contributed by atoms with van der Waals surface area (Å²) < 4.78 is 23.4. The molecule has 138 valence electrons. The molecule has 0 spiro atoms. The average molecular weight is 387 g/mol. The van der Waals surface area contributed by atoms with E-state index in [1.807, 2.05) is 0 Å². The highest BCUT2D eigenvalue weighted by Gasteiger charge is 2.43. The molecule has 1 aliphatic heterocycles. The van der Waals surface area contributed by atoms with Crippen molar-refractivity contribution in [2.24, 2.45) is 5.41 Å². The molecule has 1 aliphatic rings. The highest BCUT2D eigenvalue weighted by molar-refractivity contribution is 7.91. The number of carbonyl (C=O) groups excluding carboxylic acids is 2. The molecule has 1 aromatic rings. The fraction of sp³-hybridized carbons (Fsp3) is 0.529. The van der Waals surface area contributed by atoms with Gasteiger partial charge in [0, 0.05) is 23.3 Å². The SMILES string of the molecule is CCN(C(=O)C(C)(C)C(=O)Nc1ccc(Cl)cc1)C1CCS(=O)(=O)C1. The van der Waals surface area contributed by atoms with Crippen LogP contribution in [0, 0.1) is 5.41 Å². The molecular formula is C17H23ClN2O4S. The summed E-state index contributed by atoms with van der Waals surface area (Å²) in [6, 6.07) is 6.23. The molecule has 0 aliphatic carbocycles. The molecule has 1 aromatic carbocycles. The van der Waals surface area contributed by atoms with Crippen LogP contribution in [0.1, 0.15) is 27.2 Å². The Balaban J connectivity index is 2.14. The second kappa shape index (κ2) is 7.33. The van der Waals surface area contributed by atoms with Crippen molar-refractivity contribution in [1.29, 1.82) is 0 Å². The van der Waals surface area contributed by atoms with Crippen LogP contribution in [0.4, 0.5) is 5.69 Å². The number of nitrogens with zero attached hydrogens (tertiary/aromatic N) is 1. The van der Waals surface area contributed by atoms with E-state index < -0.39 is 21.2 Å². The van der Waals surface area contributed by atoms with Crippen LogP contribution in [-0.2, 0) is 19.4 Å². The van der Waals surface area contributed by atoms with Gasteiger partial charge in [0.25, 0.3) is 0 Å². The Hall–Kier alpha value is -1.60. The molecule has 6 nitrogen and oxygen atoms in total. The number of anilines is 1. The van der Waals surface area contributed by atoms with Gasteiger partial charge in [-0.05, 0) is 51.5 Å². The third kappa shape index (κ3) is 4.52. The number of rotatable bonds is 5. The molecule has 2 rings (SSSR count). The molecule has 1 heterocycles. The van der Waals surface area contributed by atoms with Crippen LogP contribution in [0.2, 0.25) is 5.02 Å². The molecule has 1 unspecified atom stereocenters. The van der Waals surface area contributed by atoms with Crippen LogP contribution in [0.5, 0.6) is 0 Å². The van der Waals surface area contributed by atoms with Gasteiger partial charge in [0.1, 0.15) is 5.41 Å². The van der Waals surface area contributed by atoms with Crippen molar-refractivity contribution in [3.8, 4) is 0 Å². The zero-order valence-electron chi connectivity index (χ0n) is 14.6. The van der Waals surface area contributed by atoms with Gasteiger partial charge in [0.05, 0.1) is 11.5 Å². The van der Waals surface area contributed by atoms with Gasteiger partial charge in [-0.1, -0.05) is 11.6 Å². The van der Waals surface area contributed by atoms with Gasteiger partial charge in [0.2, 0.25) is 11.8 Å². The fourth-order valence-electron chi connectivity index (χ4n) is 2.87. The summed E-state index contributed by atoms with van der Waals surface area (Å²) in [5, 5.41) is 3.26. The normalized spacial score (nSPS) is 19.4. The summed E-state index contributed by atoms with van der Waals surface area (Å²) >= 11 is 5.82. The molecule has 0 bridgehead atoms. The number of nitrogens with one attached hydrogen (secondary N) is 1. The highest BCUT2D eigenvalue weighted by atomic mass is 35.5. The predicted octanol–water partition coefficient (Wildman–Crippen LogP) is 2.34. The van der Waals surface area contributed by atoms with Crippen molar-refractivity contribution >= 4 is 38.9 Å². The Kier molecular flexibility index (Phi) is 5.79. The Morgan fingerprint density at radius 3 is 2.36 bits per heavy atom. The van der Waals surface area contributed by atoms with E-state index >= 15 is 0 Å². The van der Waals surface area contributed by atoms with Gasteiger partial charge in [0.15, 0.2) is 9.84 Å². The maximum atomic E-state index is 12.9. The van der Waals surface area contributed by atoms with Crippen molar-refractivity contribution in [3.63, 3.8) is 0 Å². The lowest BCUT2D eigenvalue weighted by Crippen LogP contribution is -2.51. The van der Waals surface area contributed by atoms with Crippen LogP contribution in [0.15, 0.2) is 24.3 Å². The number of halogens is 1. The van der Waals surface area contributed by atoms with Gasteiger partial charge in [-0.3, -0.25) is 9.59 Å². The number of carbonyl (C=O) groups is 2. The van der Waals surface area contributed by atoms with Crippen molar-refractivity contribution in [1.82, 2.24) is 4.90 Å². The maximum Gasteiger partial charge on any atom is 0.239 e. The molecule has 1 N–H and O–H groups in total. The van der Waals surface area contributed by atoms with Gasteiger partial charge in [-0.15, -0.1) is 0 Å². The number of benzene rings is 1. The molecule has 8 heteroatoms. The number of amides is 2. The van der Waals surface area contributed by atoms with E-state index in [1.54, 1.807) is 45.0 Å². The van der Waals surface area contributed by atoms with E-state index in [0.717, 1.165) is 0 Å². The highest BCUT2D eigenvalue weighted by Crippen LogP contribution is 2.27. The standard InChI is InChI=1S/C17H23ClN2O4S/c1-4-20(14-9-10-25(23,24)11-14)16(22)17(2,3)15(21)19-13-7-5-12(18)6-8-13/h5-8,14H,4,9-11H2,1-3H3,(H,19,21). The minimum atomic E-state index is -3.11. The predicted molar refractivity (Wildman–Crippen MR) is 98.3 cm³/mol. The van der Waals surface area contributed by atoms with Gasteiger partial charge < -0.3 is 10.2 Å². The molecule has 25 heavy (non-hydrogen) atoms. The Morgan fingerprint density at radius 1 is 1.28 bits per heavy atom. The summed E-state index contributed by atoms with van der Waals surface area (Å²) in [5.74, 6) is -0.775. The fourth-order valence-corrected chi connectivity index (χ4v) is 4.72. The van der Waals surface area contributed by atoms with Crippen LogP contribution in [0.25, 0.3) is 0 Å². The maximum absolute atomic E-state index is 12.9. The monoisotopic (exact) mass is 386 g/mol. The first-order valence-electron chi connectivity index (χ1n) is 8.15. The van der Waals surface area contributed by atoms with Crippen molar-refractivity contribution in [3.05, 3.63) is 29.3 Å². The van der Waals surface area contributed by atoms with Crippen molar-refractivity contribution < 1.29 is 18.0 Å². The van der Waals surface area contributed by atoms with Crippen LogP contribution in [-0.4, -0.2) is 49.2 Å². The van der Waals surface area contributed by atoms with Crippen LogP contribution < -0.4 is 5.32 Å². The summed E-state index contributed by atoms with van der Waals surface area (Å²) in [5.41, 5.74) is -0.774. The first-order chi connectivity index (χ1) is 11.6.